The molecule has 0 spiro atoms. The molecule has 0 saturated carbocycles. The topological polar surface area (TPSA) is 47.3 Å². The number of rotatable bonds is 8. The first-order valence-electron chi connectivity index (χ1n) is 4.40. The van der Waals surface area contributed by atoms with Crippen LogP contribution in [0.1, 0.15) is 13.3 Å². The molecule has 0 unspecified atom stereocenters. The van der Waals surface area contributed by atoms with E-state index in [4.69, 9.17) is 10.2 Å². The van der Waals surface area contributed by atoms with Crippen LogP contribution in [0, 0.1) is 0 Å². The van der Waals surface area contributed by atoms with Crippen molar-refractivity contribution in [3.05, 3.63) is 0 Å². The predicted molar refractivity (Wildman–Crippen MR) is 51.5 cm³/mol. The summed E-state index contributed by atoms with van der Waals surface area (Å²) in [4.78, 5) is 0. The molecular weight excluding hydrogens is 156 g/mol. The molecule has 0 bridgehead atoms. The summed E-state index contributed by atoms with van der Waals surface area (Å²) in [7, 11) is -0.194. The molecule has 11 heavy (non-hydrogen) atoms. The van der Waals surface area contributed by atoms with Crippen molar-refractivity contribution < 1.29 is 4.43 Å². The second kappa shape index (κ2) is 10.1. The van der Waals surface area contributed by atoms with E-state index < -0.39 is 0 Å². The summed E-state index contributed by atoms with van der Waals surface area (Å²) in [5, 5.41) is 3.25. The van der Waals surface area contributed by atoms with Gasteiger partial charge >= 0.3 is 0 Å². The van der Waals surface area contributed by atoms with Crippen LogP contribution in [-0.4, -0.2) is 36.0 Å². The maximum atomic E-state index is 5.33. The quantitative estimate of drug-likeness (QED) is 0.386. The zero-order valence-corrected chi connectivity index (χ0v) is 8.85. The van der Waals surface area contributed by atoms with E-state index in [0.717, 1.165) is 26.2 Å². The Balaban J connectivity index is 2.69. The fourth-order valence-electron chi connectivity index (χ4n) is 0.826. The average molecular weight is 176 g/mol. The molecule has 0 rings (SSSR count). The standard InChI is InChI=1S/C7H20N2OSi/c1-2-10-11-7-3-5-9-6-4-8/h9H,2-8,11H2,1H3. The first kappa shape index (κ1) is 11.1. The van der Waals surface area contributed by atoms with Gasteiger partial charge in [-0.15, -0.1) is 0 Å². The van der Waals surface area contributed by atoms with Crippen molar-refractivity contribution in [2.75, 3.05) is 26.2 Å². The van der Waals surface area contributed by atoms with Crippen LogP contribution in [0.25, 0.3) is 0 Å². The fourth-order valence-corrected chi connectivity index (χ4v) is 1.77. The van der Waals surface area contributed by atoms with E-state index in [9.17, 15) is 0 Å². The summed E-state index contributed by atoms with van der Waals surface area (Å²) in [5.41, 5.74) is 5.31. The van der Waals surface area contributed by atoms with E-state index in [2.05, 4.69) is 12.2 Å². The molecule has 4 heteroatoms. The van der Waals surface area contributed by atoms with Gasteiger partial charge in [-0.2, -0.15) is 0 Å². The Bertz CT molecular complexity index is 65.5. The zero-order valence-electron chi connectivity index (χ0n) is 7.44. The number of nitrogens with one attached hydrogen (secondary N) is 1. The SMILES string of the molecule is CCO[SiH2]CCCNCCN. The molecule has 0 saturated heterocycles. The Morgan fingerprint density at radius 2 is 2.27 bits per heavy atom. The second-order valence-electron chi connectivity index (χ2n) is 2.44. The number of hydrogen-bond acceptors (Lipinski definition) is 3. The van der Waals surface area contributed by atoms with Gasteiger partial charge in [0, 0.05) is 19.7 Å². The molecule has 0 atom stereocenters. The van der Waals surface area contributed by atoms with Gasteiger partial charge in [-0.3, -0.25) is 0 Å². The van der Waals surface area contributed by atoms with Crippen LogP contribution in [0.4, 0.5) is 0 Å². The Kier molecular flexibility index (Phi) is 10.2. The zero-order chi connectivity index (χ0) is 8.36. The van der Waals surface area contributed by atoms with Crippen LogP contribution in [0.2, 0.25) is 6.04 Å². The summed E-state index contributed by atoms with van der Waals surface area (Å²) in [6.45, 7) is 5.72. The van der Waals surface area contributed by atoms with Gasteiger partial charge in [-0.25, -0.2) is 0 Å². The van der Waals surface area contributed by atoms with Crippen molar-refractivity contribution >= 4 is 9.76 Å². The highest BCUT2D eigenvalue weighted by molar-refractivity contribution is 6.26. The third-order valence-electron chi connectivity index (χ3n) is 1.42. The van der Waals surface area contributed by atoms with Gasteiger partial charge in [0.05, 0.1) is 0 Å². The van der Waals surface area contributed by atoms with E-state index in [1.165, 1.54) is 12.5 Å². The van der Waals surface area contributed by atoms with Crippen molar-refractivity contribution in [1.82, 2.24) is 5.32 Å². The lowest BCUT2D eigenvalue weighted by molar-refractivity contribution is 0.359. The van der Waals surface area contributed by atoms with Gasteiger partial charge in [-0.05, 0) is 25.9 Å². The van der Waals surface area contributed by atoms with Crippen LogP contribution in [0.3, 0.4) is 0 Å². The van der Waals surface area contributed by atoms with Crippen LogP contribution < -0.4 is 11.1 Å². The molecule has 0 aromatic heterocycles. The van der Waals surface area contributed by atoms with Crippen LogP contribution in [0.5, 0.6) is 0 Å². The minimum Gasteiger partial charge on any atom is -0.424 e. The molecule has 0 aliphatic heterocycles. The maximum Gasteiger partial charge on any atom is 0.161 e. The molecule has 0 aromatic rings. The summed E-state index contributed by atoms with van der Waals surface area (Å²) in [6.07, 6.45) is 1.24. The van der Waals surface area contributed by atoms with Crippen LogP contribution in [-0.2, 0) is 4.43 Å². The first-order valence-corrected chi connectivity index (χ1v) is 5.98. The highest BCUT2D eigenvalue weighted by Gasteiger charge is 1.88. The van der Waals surface area contributed by atoms with Crippen molar-refractivity contribution in [3.8, 4) is 0 Å². The molecule has 0 heterocycles. The molecule has 0 aromatic carbocycles. The summed E-state index contributed by atoms with van der Waals surface area (Å²) < 4.78 is 5.33. The van der Waals surface area contributed by atoms with Crippen molar-refractivity contribution in [2.24, 2.45) is 5.73 Å². The Hall–Kier alpha value is 0.0969. The minimum atomic E-state index is -0.194. The average Bonchev–Trinajstić information content (AvgIpc) is 2.03. The maximum absolute atomic E-state index is 5.33. The minimum absolute atomic E-state index is 0.194. The van der Waals surface area contributed by atoms with E-state index in [-0.39, 0.29) is 9.76 Å². The monoisotopic (exact) mass is 176 g/mol. The third-order valence-corrected chi connectivity index (χ3v) is 2.90. The molecule has 0 aliphatic carbocycles. The Morgan fingerprint density at radius 3 is 2.91 bits per heavy atom. The molecule has 3 N–H and O–H groups in total. The lowest BCUT2D eigenvalue weighted by atomic mass is 10.5. The van der Waals surface area contributed by atoms with E-state index >= 15 is 0 Å². The lowest BCUT2D eigenvalue weighted by Crippen LogP contribution is -2.23. The molecule has 0 amide bonds. The van der Waals surface area contributed by atoms with Crippen molar-refractivity contribution in [3.63, 3.8) is 0 Å². The van der Waals surface area contributed by atoms with Gasteiger partial charge < -0.3 is 15.5 Å². The van der Waals surface area contributed by atoms with Gasteiger partial charge in [0.2, 0.25) is 0 Å². The Labute approximate surface area is 71.6 Å². The largest absolute Gasteiger partial charge is 0.424 e. The number of nitrogens with two attached hydrogens (primary N) is 1. The molecule has 0 fully saturated rings. The normalized spacial score (nSPS) is 11.5. The highest BCUT2D eigenvalue weighted by atomic mass is 28.2. The van der Waals surface area contributed by atoms with Crippen LogP contribution >= 0.6 is 0 Å². The Morgan fingerprint density at radius 1 is 1.45 bits per heavy atom. The summed E-state index contributed by atoms with van der Waals surface area (Å²) in [5.74, 6) is 0. The predicted octanol–water partition coefficient (Wildman–Crippen LogP) is -0.537. The molecule has 0 aliphatic rings. The van der Waals surface area contributed by atoms with E-state index in [0.29, 0.717) is 0 Å². The second-order valence-corrected chi connectivity index (χ2v) is 3.97. The lowest BCUT2D eigenvalue weighted by Gasteiger charge is -2.02. The summed E-state index contributed by atoms with van der Waals surface area (Å²) >= 11 is 0. The first-order chi connectivity index (χ1) is 5.41. The van der Waals surface area contributed by atoms with Gasteiger partial charge in [-0.1, -0.05) is 0 Å². The van der Waals surface area contributed by atoms with Crippen molar-refractivity contribution in [1.29, 1.82) is 0 Å². The fraction of sp³-hybridized carbons (Fsp3) is 1.00. The van der Waals surface area contributed by atoms with Crippen LogP contribution in [0.15, 0.2) is 0 Å². The summed E-state index contributed by atoms with van der Waals surface area (Å²) in [6, 6.07) is 1.28. The molecule has 0 radical (unpaired) electrons. The highest BCUT2D eigenvalue weighted by Crippen LogP contribution is 1.86. The van der Waals surface area contributed by atoms with Gasteiger partial charge in [0.15, 0.2) is 9.76 Å². The number of hydrogen-bond donors (Lipinski definition) is 2. The molecular formula is C7H20N2OSi. The van der Waals surface area contributed by atoms with Gasteiger partial charge in [0.25, 0.3) is 0 Å². The molecule has 3 nitrogen and oxygen atoms in total. The van der Waals surface area contributed by atoms with Gasteiger partial charge in [0.1, 0.15) is 0 Å². The third kappa shape index (κ3) is 10.1. The molecule has 68 valence electrons. The smallest absolute Gasteiger partial charge is 0.161 e. The van der Waals surface area contributed by atoms with Crippen molar-refractivity contribution in [2.45, 2.75) is 19.4 Å². The van der Waals surface area contributed by atoms with E-state index in [1.54, 1.807) is 0 Å². The van der Waals surface area contributed by atoms with E-state index in [1.807, 2.05) is 0 Å².